The molecule has 0 amide bonds. The Hall–Kier alpha value is -6.16. The van der Waals surface area contributed by atoms with Crippen LogP contribution in [-0.4, -0.2) is 0 Å². The summed E-state index contributed by atoms with van der Waals surface area (Å²) in [5.74, 6) is 2.25. The van der Waals surface area contributed by atoms with Crippen molar-refractivity contribution in [3.63, 3.8) is 0 Å². The van der Waals surface area contributed by atoms with Gasteiger partial charge in [-0.05, 0) is 142 Å². The van der Waals surface area contributed by atoms with Crippen LogP contribution in [0.5, 0.6) is 0 Å². The Labute approximate surface area is 392 Å². The minimum Gasteiger partial charge on any atom is -0.120 e. The van der Waals surface area contributed by atoms with Crippen LogP contribution < -0.4 is 0 Å². The van der Waals surface area contributed by atoms with Gasteiger partial charge in [0.25, 0.3) is 0 Å². The molecule has 0 bridgehead atoms. The van der Waals surface area contributed by atoms with E-state index in [4.69, 9.17) is 0 Å². The highest BCUT2D eigenvalue weighted by atomic mass is 14.2. The van der Waals surface area contributed by atoms with Crippen LogP contribution in [0.2, 0.25) is 0 Å². The van der Waals surface area contributed by atoms with Crippen LogP contribution >= 0.6 is 0 Å². The Morgan fingerprint density at radius 2 is 0.953 bits per heavy atom. The number of terminal acetylenes is 1. The highest BCUT2D eigenvalue weighted by Gasteiger charge is 2.16. The van der Waals surface area contributed by atoms with Crippen LogP contribution in [0.3, 0.4) is 0 Å². The Balaban J connectivity index is 0.00000123. The molecule has 64 heavy (non-hydrogen) atoms. The van der Waals surface area contributed by atoms with Crippen molar-refractivity contribution in [1.82, 2.24) is 0 Å². The standard InChI is InChI=1S/C37H30.C14H18.C3H4.5C2H6/c1-3-5-12-26(4-2)28-19-22-29(23-20-28)36-32-15-8-10-17-34(32)37(35-18-11-9-16-33(35)36)31-24-21-27-13-6-7-14-30(27)25-31;1-5-8-11(2)13(4)14-10-7-6-9-12(14)3;1-3-2;5*1-2/h4-25H,3H2,1-2H3;5-10H,1-4H3;1H,2H3;5*1-2H3/b12-5-,26-4+;8-5-,13-11+;;;;;;. The number of hydrogen-bond donors (Lipinski definition) is 0. The third kappa shape index (κ3) is 16.2. The summed E-state index contributed by atoms with van der Waals surface area (Å²) in [4.78, 5) is 0. The number of hydrogen-bond acceptors (Lipinski definition) is 0. The van der Waals surface area contributed by atoms with Crippen molar-refractivity contribution in [3.8, 4) is 34.6 Å². The first-order valence-electron chi connectivity index (χ1n) is 24.0. The molecule has 0 aliphatic heterocycles. The summed E-state index contributed by atoms with van der Waals surface area (Å²) in [5.41, 5.74) is 13.0. The maximum atomic E-state index is 4.60. The van der Waals surface area contributed by atoms with E-state index >= 15 is 0 Å². The van der Waals surface area contributed by atoms with Gasteiger partial charge in [-0.25, -0.2) is 0 Å². The van der Waals surface area contributed by atoms with E-state index in [0.29, 0.717) is 0 Å². The lowest BCUT2D eigenvalue weighted by Gasteiger charge is -2.18. The molecule has 0 heterocycles. The predicted octanol–water partition coefficient (Wildman–Crippen LogP) is 21.0. The zero-order valence-corrected chi connectivity index (χ0v) is 43.0. The van der Waals surface area contributed by atoms with Gasteiger partial charge in [0.1, 0.15) is 0 Å². The molecular weight excluding hydrogens is 769 g/mol. The number of benzene rings is 7. The lowest BCUT2D eigenvalue weighted by Crippen LogP contribution is -1.91. The van der Waals surface area contributed by atoms with E-state index in [-0.39, 0.29) is 0 Å². The molecular formula is C64H82. The molecule has 0 saturated carbocycles. The summed E-state index contributed by atoms with van der Waals surface area (Å²) >= 11 is 0. The van der Waals surface area contributed by atoms with Crippen LogP contribution in [-0.2, 0) is 0 Å². The highest BCUT2D eigenvalue weighted by molar-refractivity contribution is 6.21. The van der Waals surface area contributed by atoms with Crippen LogP contribution in [0.1, 0.15) is 134 Å². The smallest absolute Gasteiger partial charge is 0.00262 e. The molecule has 0 radical (unpaired) electrons. The minimum absolute atomic E-state index is 1.04. The van der Waals surface area contributed by atoms with Crippen molar-refractivity contribution in [1.29, 1.82) is 0 Å². The molecule has 7 rings (SSSR count). The first kappa shape index (κ1) is 57.8. The van der Waals surface area contributed by atoms with E-state index in [9.17, 15) is 0 Å². The second-order valence-electron chi connectivity index (χ2n) is 13.4. The lowest BCUT2D eigenvalue weighted by atomic mass is 9.85. The monoisotopic (exact) mass is 851 g/mol. The largest absolute Gasteiger partial charge is 0.120 e. The molecule has 7 aromatic rings. The van der Waals surface area contributed by atoms with Gasteiger partial charge in [0, 0.05) is 0 Å². The van der Waals surface area contributed by atoms with Gasteiger partial charge in [0.05, 0.1) is 0 Å². The van der Waals surface area contributed by atoms with Gasteiger partial charge < -0.3 is 0 Å². The summed E-state index contributed by atoms with van der Waals surface area (Å²) in [6.07, 6.45) is 16.5. The van der Waals surface area contributed by atoms with Gasteiger partial charge in [0.2, 0.25) is 0 Å². The Bertz CT molecular complexity index is 2470. The predicted molar refractivity (Wildman–Crippen MR) is 298 cm³/mol. The third-order valence-electron chi connectivity index (χ3n) is 9.88. The first-order chi connectivity index (χ1) is 31.4. The highest BCUT2D eigenvalue weighted by Crippen LogP contribution is 2.44. The number of aryl methyl sites for hydroxylation is 1. The Morgan fingerprint density at radius 1 is 0.531 bits per heavy atom. The van der Waals surface area contributed by atoms with E-state index in [1.54, 1.807) is 6.92 Å². The molecule has 0 aliphatic carbocycles. The number of fused-ring (bicyclic) bond motifs is 3. The van der Waals surface area contributed by atoms with E-state index in [1.807, 2.05) is 69.2 Å². The summed E-state index contributed by atoms with van der Waals surface area (Å²) in [7, 11) is 0. The van der Waals surface area contributed by atoms with Gasteiger partial charge in [0.15, 0.2) is 0 Å². The van der Waals surface area contributed by atoms with Crippen molar-refractivity contribution in [2.75, 3.05) is 0 Å². The SMILES string of the molecule is C#CC.C/C=C(\C=C/CC)c1ccc(-c2c3ccccc3c(-c3ccc4ccccc4c3)c3ccccc23)cc1.C/C=C\C(C)=C(/C)c1ccccc1C.CC.CC.CC.CC.CC. The Morgan fingerprint density at radius 3 is 1.41 bits per heavy atom. The van der Waals surface area contributed by atoms with E-state index in [0.717, 1.165) is 6.42 Å². The molecule has 338 valence electrons. The molecule has 0 unspecified atom stereocenters. The van der Waals surface area contributed by atoms with Crippen molar-refractivity contribution in [2.24, 2.45) is 0 Å². The molecule has 0 nitrogen and oxygen atoms in total. The van der Waals surface area contributed by atoms with Gasteiger partial charge in [-0.1, -0.05) is 240 Å². The fourth-order valence-electron chi connectivity index (χ4n) is 7.11. The van der Waals surface area contributed by atoms with E-state index in [2.05, 4.69) is 224 Å². The summed E-state index contributed by atoms with van der Waals surface area (Å²) < 4.78 is 0. The molecule has 0 spiro atoms. The normalized spacial score (nSPS) is 10.5. The zero-order chi connectivity index (χ0) is 48.5. The molecule has 0 atom stereocenters. The van der Waals surface area contributed by atoms with Crippen molar-refractivity contribution < 1.29 is 0 Å². The van der Waals surface area contributed by atoms with E-state index in [1.165, 1.54) is 88.0 Å². The van der Waals surface area contributed by atoms with Gasteiger partial charge in [-0.2, -0.15) is 0 Å². The maximum absolute atomic E-state index is 4.60. The molecule has 0 fully saturated rings. The molecule has 0 N–H and O–H groups in total. The summed E-state index contributed by atoms with van der Waals surface area (Å²) in [6.45, 7) is 34.5. The fourth-order valence-corrected chi connectivity index (χ4v) is 7.11. The minimum atomic E-state index is 1.04. The molecule has 0 aromatic heterocycles. The molecule has 0 saturated heterocycles. The Kier molecular flexibility index (Phi) is 31.0. The average molecular weight is 851 g/mol. The zero-order valence-electron chi connectivity index (χ0n) is 43.0. The van der Waals surface area contributed by atoms with Crippen LogP contribution in [0.25, 0.3) is 65.7 Å². The van der Waals surface area contributed by atoms with E-state index < -0.39 is 0 Å². The molecule has 0 aliphatic rings. The number of allylic oxidation sites excluding steroid dienone is 8. The van der Waals surface area contributed by atoms with Gasteiger partial charge >= 0.3 is 0 Å². The fraction of sp³-hybridized carbons (Fsp3) is 0.281. The molecule has 7 aromatic carbocycles. The van der Waals surface area contributed by atoms with Crippen molar-refractivity contribution >= 4 is 43.5 Å². The maximum Gasteiger partial charge on any atom is -0.00262 e. The quantitative estimate of drug-likeness (QED) is 0.0851. The summed E-state index contributed by atoms with van der Waals surface area (Å²) in [5, 5.41) is 7.69. The van der Waals surface area contributed by atoms with Crippen molar-refractivity contribution in [3.05, 3.63) is 192 Å². The third-order valence-corrected chi connectivity index (χ3v) is 9.88. The van der Waals surface area contributed by atoms with Crippen LogP contribution in [0.15, 0.2) is 175 Å². The summed E-state index contributed by atoms with van der Waals surface area (Å²) in [6, 6.07) is 50.8. The van der Waals surface area contributed by atoms with Crippen LogP contribution in [0.4, 0.5) is 0 Å². The van der Waals surface area contributed by atoms with Gasteiger partial charge in [-0.3, -0.25) is 0 Å². The number of rotatable bonds is 7. The van der Waals surface area contributed by atoms with Crippen molar-refractivity contribution in [2.45, 2.75) is 124 Å². The van der Waals surface area contributed by atoms with Crippen LogP contribution in [0, 0.1) is 19.3 Å². The topological polar surface area (TPSA) is 0 Å². The first-order valence-corrected chi connectivity index (χ1v) is 24.0. The lowest BCUT2D eigenvalue weighted by molar-refractivity contribution is 1.22. The second-order valence-corrected chi connectivity index (χ2v) is 13.4. The second kappa shape index (κ2) is 34.3. The van der Waals surface area contributed by atoms with Gasteiger partial charge in [-0.15, -0.1) is 12.3 Å². The average Bonchev–Trinajstić information content (AvgIpc) is 3.37. The molecule has 0 heteroatoms.